The Hall–Kier alpha value is -5.30. The lowest BCUT2D eigenvalue weighted by atomic mass is 9.94. The van der Waals surface area contributed by atoms with Crippen molar-refractivity contribution in [1.29, 1.82) is 0 Å². The van der Waals surface area contributed by atoms with Gasteiger partial charge in [-0.2, -0.15) is 0 Å². The van der Waals surface area contributed by atoms with Crippen molar-refractivity contribution < 1.29 is 105 Å². The molecule has 0 radical (unpaired) electrons. The number of hydrogen-bond donors (Lipinski definition) is 2. The van der Waals surface area contributed by atoms with Crippen LogP contribution in [0.15, 0.2) is 30.3 Å². The number of carbonyl (C=O) groups is 8. The molecule has 64 heavy (non-hydrogen) atoms. The number of rotatable bonds is 17. The lowest BCUT2D eigenvalue weighted by Gasteiger charge is -2.50. The number of aliphatic hydroxyl groups excluding tert-OH is 1. The van der Waals surface area contributed by atoms with Gasteiger partial charge in [-0.25, -0.2) is 0 Å². The Balaban J connectivity index is 1.90. The second-order valence-electron chi connectivity index (χ2n) is 15.0. The summed E-state index contributed by atoms with van der Waals surface area (Å²) in [6, 6.07) is 7.31. The van der Waals surface area contributed by atoms with Gasteiger partial charge in [-0.05, 0) is 12.5 Å². The van der Waals surface area contributed by atoms with E-state index in [9.17, 15) is 43.5 Å². The zero-order valence-corrected chi connectivity index (χ0v) is 36.7. The molecular formula is C41H55NO22. The van der Waals surface area contributed by atoms with Gasteiger partial charge >= 0.3 is 41.8 Å². The molecule has 2 N–H and O–H groups in total. The molecule has 1 aromatic carbocycles. The Kier molecular flexibility index (Phi) is 18.9. The highest BCUT2D eigenvalue weighted by Crippen LogP contribution is 2.37. The Morgan fingerprint density at radius 3 is 1.50 bits per heavy atom. The van der Waals surface area contributed by atoms with Crippen molar-refractivity contribution in [2.75, 3.05) is 13.2 Å². The molecule has 23 nitrogen and oxygen atoms in total. The number of aliphatic hydroxyl groups is 1. The summed E-state index contributed by atoms with van der Waals surface area (Å²) in [6.45, 7) is 8.94. The zero-order valence-electron chi connectivity index (χ0n) is 36.7. The minimum absolute atomic E-state index is 0.00257. The molecule has 3 fully saturated rings. The first-order valence-corrected chi connectivity index (χ1v) is 20.2. The lowest BCUT2D eigenvalue weighted by molar-refractivity contribution is -0.372. The second-order valence-corrected chi connectivity index (χ2v) is 15.0. The molecule has 3 aliphatic rings. The van der Waals surface area contributed by atoms with Crippen molar-refractivity contribution in [2.45, 2.75) is 161 Å². The van der Waals surface area contributed by atoms with E-state index in [2.05, 4.69) is 5.32 Å². The minimum atomic E-state index is -1.90. The third-order valence-corrected chi connectivity index (χ3v) is 9.59. The number of amides is 1. The van der Waals surface area contributed by atoms with Crippen LogP contribution in [0.4, 0.5) is 0 Å². The predicted molar refractivity (Wildman–Crippen MR) is 207 cm³/mol. The minimum Gasteiger partial charge on any atom is -0.463 e. The summed E-state index contributed by atoms with van der Waals surface area (Å²) < 4.78 is 76.0. The van der Waals surface area contributed by atoms with Crippen LogP contribution in [0.3, 0.4) is 0 Å². The first-order chi connectivity index (χ1) is 30.1. The molecule has 1 amide bonds. The third-order valence-electron chi connectivity index (χ3n) is 9.59. The number of nitrogens with one attached hydrogen (secondary N) is 1. The van der Waals surface area contributed by atoms with Gasteiger partial charge in [0, 0.05) is 55.4 Å². The maximum absolute atomic E-state index is 12.8. The molecule has 0 bridgehead atoms. The van der Waals surface area contributed by atoms with Crippen molar-refractivity contribution in [2.24, 2.45) is 0 Å². The Morgan fingerprint density at radius 2 is 0.984 bits per heavy atom. The van der Waals surface area contributed by atoms with Crippen molar-refractivity contribution >= 4 is 47.7 Å². The largest absolute Gasteiger partial charge is 0.463 e. The van der Waals surface area contributed by atoms with Gasteiger partial charge in [-0.15, -0.1) is 0 Å². The molecule has 0 aromatic heterocycles. The highest BCUT2D eigenvalue weighted by Gasteiger charge is 2.58. The fourth-order valence-electron chi connectivity index (χ4n) is 7.32. The molecule has 15 atom stereocenters. The van der Waals surface area contributed by atoms with Crippen molar-refractivity contribution in [3.63, 3.8) is 0 Å². The molecule has 3 heterocycles. The lowest BCUT2D eigenvalue weighted by Crippen LogP contribution is -2.70. The van der Waals surface area contributed by atoms with Crippen molar-refractivity contribution in [3.05, 3.63) is 35.9 Å². The van der Waals surface area contributed by atoms with Crippen LogP contribution < -0.4 is 5.32 Å². The van der Waals surface area contributed by atoms with Crippen LogP contribution in [0.2, 0.25) is 0 Å². The third kappa shape index (κ3) is 14.6. The van der Waals surface area contributed by atoms with E-state index in [0.29, 0.717) is 0 Å². The van der Waals surface area contributed by atoms with Gasteiger partial charge in [-0.1, -0.05) is 30.3 Å². The van der Waals surface area contributed by atoms with Crippen LogP contribution in [0, 0.1) is 0 Å². The second kappa shape index (κ2) is 23.6. The summed E-state index contributed by atoms with van der Waals surface area (Å²) in [5, 5.41) is 14.1. The van der Waals surface area contributed by atoms with Gasteiger partial charge in [-0.3, -0.25) is 38.4 Å². The van der Waals surface area contributed by atoms with Gasteiger partial charge in [0.05, 0.1) is 19.3 Å². The van der Waals surface area contributed by atoms with Gasteiger partial charge in [0.2, 0.25) is 5.91 Å². The van der Waals surface area contributed by atoms with Gasteiger partial charge < -0.3 is 72.0 Å². The van der Waals surface area contributed by atoms with E-state index < -0.39 is 153 Å². The maximum Gasteiger partial charge on any atom is 0.303 e. The first kappa shape index (κ1) is 51.3. The molecule has 0 spiro atoms. The van der Waals surface area contributed by atoms with Crippen molar-refractivity contribution in [1.82, 2.24) is 5.32 Å². The number of hydrogen-bond acceptors (Lipinski definition) is 22. The Bertz CT molecular complexity index is 1810. The fraction of sp³-hybridized carbons (Fsp3) is 0.659. The summed E-state index contributed by atoms with van der Waals surface area (Å²) >= 11 is 0. The zero-order chi connectivity index (χ0) is 47.4. The molecular weight excluding hydrogens is 858 g/mol. The van der Waals surface area contributed by atoms with E-state index in [4.69, 9.17) is 61.6 Å². The number of carbonyl (C=O) groups excluding carboxylic acids is 8. The van der Waals surface area contributed by atoms with Crippen LogP contribution in [0.25, 0.3) is 0 Å². The van der Waals surface area contributed by atoms with E-state index in [1.807, 2.05) is 0 Å². The van der Waals surface area contributed by atoms with E-state index in [0.717, 1.165) is 61.0 Å². The Morgan fingerprint density at radius 1 is 0.531 bits per heavy atom. The topological polar surface area (TPSA) is 289 Å². The number of esters is 7. The number of ether oxygens (including phenoxy) is 13. The number of benzene rings is 1. The molecule has 3 aliphatic heterocycles. The highest BCUT2D eigenvalue weighted by molar-refractivity contribution is 5.73. The normalized spacial score (nSPS) is 32.4. The average Bonchev–Trinajstić information content (AvgIpc) is 3.18. The average molecular weight is 914 g/mol. The summed E-state index contributed by atoms with van der Waals surface area (Å²) in [5.74, 6) is -6.84. The summed E-state index contributed by atoms with van der Waals surface area (Å²) in [5.41, 5.74) is 0.729. The van der Waals surface area contributed by atoms with Crippen LogP contribution in [0.1, 0.15) is 67.9 Å². The van der Waals surface area contributed by atoms with Gasteiger partial charge in [0.1, 0.15) is 37.1 Å². The summed E-state index contributed by atoms with van der Waals surface area (Å²) in [4.78, 5) is 99.8. The monoisotopic (exact) mass is 913 g/mol. The van der Waals surface area contributed by atoms with Crippen LogP contribution in [-0.2, 0) is 107 Å². The fourth-order valence-corrected chi connectivity index (χ4v) is 7.32. The van der Waals surface area contributed by atoms with Crippen LogP contribution in [-0.4, -0.2) is 158 Å². The molecule has 0 saturated carbocycles. The molecule has 356 valence electrons. The van der Waals surface area contributed by atoms with E-state index in [1.54, 1.807) is 30.3 Å². The highest BCUT2D eigenvalue weighted by atomic mass is 16.8. The van der Waals surface area contributed by atoms with Gasteiger partial charge in [0.25, 0.3) is 0 Å². The van der Waals surface area contributed by atoms with E-state index in [1.165, 1.54) is 6.92 Å². The molecule has 4 rings (SSSR count). The van der Waals surface area contributed by atoms with Crippen molar-refractivity contribution in [3.8, 4) is 0 Å². The Labute approximate surface area is 367 Å². The van der Waals surface area contributed by atoms with E-state index in [-0.39, 0.29) is 6.61 Å². The SMILES string of the molecule is CC(=O)N[C@@H]1[C@@H](O[C@H]2O[C@@H](C)[C@@H](OC(C)=O)[C@@H](OC(C)=O)[C@@H]2OC(C)=O)[C@H](O[C@@H]2O[C@H](COC(C)=O)[C@@H](OC(C)=O)[C@H](OC(C)=O)[C@H]2OC(C)=O)[C@@H](COCc2ccccc2)O[C@H]1O. The quantitative estimate of drug-likeness (QED) is 0.151. The molecule has 0 aliphatic carbocycles. The van der Waals surface area contributed by atoms with Crippen LogP contribution >= 0.6 is 0 Å². The van der Waals surface area contributed by atoms with Gasteiger partial charge in [0.15, 0.2) is 55.5 Å². The standard InChI is InChI=1S/C41H55NO22/c1-18-31(55-21(4)45)35(57-23(6)47)37(59-25(8)49)40(54-18)64-34-30(42-19(2)43)39(51)61-28(16-52-15-27-13-11-10-12-14-27)32(34)63-41-38(60-26(9)50)36(58-24(7)48)33(56-22(5)46)29(62-41)17-53-20(3)44/h10-14,18,28-41,51H,15-17H2,1-9H3,(H,42,43)/t18-,28+,29+,30+,31+,32+,33+,34+,35+,36-,37-,38+,39+,40+,41-/m0/s1. The first-order valence-electron chi connectivity index (χ1n) is 20.2. The summed E-state index contributed by atoms with van der Waals surface area (Å²) in [7, 11) is 0. The smallest absolute Gasteiger partial charge is 0.303 e. The van der Waals surface area contributed by atoms with E-state index >= 15 is 0 Å². The maximum atomic E-state index is 12.8. The molecule has 1 aromatic rings. The predicted octanol–water partition coefficient (Wildman–Crippen LogP) is -0.181. The van der Waals surface area contributed by atoms with Crippen LogP contribution in [0.5, 0.6) is 0 Å². The summed E-state index contributed by atoms with van der Waals surface area (Å²) in [6.07, 6.45) is -22.5. The molecule has 0 unspecified atom stereocenters. The molecule has 23 heteroatoms. The molecule has 3 saturated heterocycles.